The molecule has 0 saturated carbocycles. The zero-order chi connectivity index (χ0) is 17.3. The first-order valence-electron chi connectivity index (χ1n) is 7.87. The molecule has 0 spiro atoms. The van der Waals surface area contributed by atoms with Gasteiger partial charge in [0, 0.05) is 42.1 Å². The van der Waals surface area contributed by atoms with Gasteiger partial charge in [-0.25, -0.2) is 14.5 Å². The van der Waals surface area contributed by atoms with Crippen LogP contribution < -0.4 is 10.9 Å². The minimum absolute atomic E-state index is 0.102. The number of hydrogen-bond acceptors (Lipinski definition) is 5. The summed E-state index contributed by atoms with van der Waals surface area (Å²) in [4.78, 5) is 29.8. The fraction of sp³-hybridized carbons (Fsp3) is 0.500. The maximum absolute atomic E-state index is 12.0. The molecule has 7 nitrogen and oxygen atoms in total. The van der Waals surface area contributed by atoms with Crippen LogP contribution in [0.5, 0.6) is 0 Å². The van der Waals surface area contributed by atoms with E-state index in [4.69, 9.17) is 0 Å². The standard InChI is InChI=1S/C16H21N5O2S/c1-16(2,3)12-4-5-13(22)21(19-12)10-11-8-20(9-11)15(23)18-14-17-6-7-24-14/h4-7,11H,8-10H2,1-3H3,(H,17,18,23). The highest BCUT2D eigenvalue weighted by Gasteiger charge is 2.31. The minimum atomic E-state index is -0.148. The van der Waals surface area contributed by atoms with Gasteiger partial charge in [0.05, 0.1) is 12.2 Å². The third kappa shape index (κ3) is 3.64. The highest BCUT2D eigenvalue weighted by molar-refractivity contribution is 7.13. The third-order valence-corrected chi connectivity index (χ3v) is 4.65. The molecular formula is C16H21N5O2S. The smallest absolute Gasteiger partial charge is 0.323 e. The van der Waals surface area contributed by atoms with Crippen molar-refractivity contribution in [3.8, 4) is 0 Å². The van der Waals surface area contributed by atoms with Crippen LogP contribution in [0.1, 0.15) is 26.5 Å². The van der Waals surface area contributed by atoms with Gasteiger partial charge < -0.3 is 4.90 Å². The van der Waals surface area contributed by atoms with Crippen molar-refractivity contribution in [2.75, 3.05) is 18.4 Å². The number of rotatable bonds is 3. The number of nitrogens with zero attached hydrogens (tertiary/aromatic N) is 4. The summed E-state index contributed by atoms with van der Waals surface area (Å²) in [6.07, 6.45) is 1.65. The van der Waals surface area contributed by atoms with Crippen molar-refractivity contribution in [2.45, 2.75) is 32.7 Å². The highest BCUT2D eigenvalue weighted by atomic mass is 32.1. The number of urea groups is 1. The predicted octanol–water partition coefficient (Wildman–Crippen LogP) is 2.16. The summed E-state index contributed by atoms with van der Waals surface area (Å²) in [5.41, 5.74) is 0.683. The normalized spacial score (nSPS) is 15.2. The van der Waals surface area contributed by atoms with Crippen molar-refractivity contribution < 1.29 is 4.79 Å². The van der Waals surface area contributed by atoms with Crippen molar-refractivity contribution in [3.05, 3.63) is 39.8 Å². The summed E-state index contributed by atoms with van der Waals surface area (Å²) in [6.45, 7) is 7.97. The van der Waals surface area contributed by atoms with Gasteiger partial charge in [-0.05, 0) is 6.07 Å². The summed E-state index contributed by atoms with van der Waals surface area (Å²) in [5, 5.41) is 9.64. The van der Waals surface area contributed by atoms with Crippen LogP contribution >= 0.6 is 11.3 Å². The van der Waals surface area contributed by atoms with E-state index in [2.05, 4.69) is 36.2 Å². The van der Waals surface area contributed by atoms with E-state index in [1.165, 1.54) is 16.0 Å². The van der Waals surface area contributed by atoms with Crippen LogP contribution in [0.2, 0.25) is 0 Å². The second-order valence-corrected chi connectivity index (χ2v) is 7.92. The van der Waals surface area contributed by atoms with E-state index < -0.39 is 0 Å². The Morgan fingerprint density at radius 3 is 2.75 bits per heavy atom. The van der Waals surface area contributed by atoms with Gasteiger partial charge in [0.2, 0.25) is 0 Å². The average Bonchev–Trinajstić information content (AvgIpc) is 2.95. The number of carbonyl (C=O) groups excluding carboxylic acids is 1. The first-order valence-corrected chi connectivity index (χ1v) is 8.75. The molecule has 1 aliphatic heterocycles. The monoisotopic (exact) mass is 347 g/mol. The number of anilines is 1. The van der Waals surface area contributed by atoms with Crippen LogP contribution in [-0.4, -0.2) is 38.8 Å². The summed E-state index contributed by atoms with van der Waals surface area (Å²) < 4.78 is 1.52. The number of thiazole rings is 1. The molecule has 0 unspecified atom stereocenters. The summed E-state index contributed by atoms with van der Waals surface area (Å²) in [5.74, 6) is 0.243. The molecule has 24 heavy (non-hydrogen) atoms. The van der Waals surface area contributed by atoms with Crippen LogP contribution in [-0.2, 0) is 12.0 Å². The van der Waals surface area contributed by atoms with Crippen molar-refractivity contribution in [1.82, 2.24) is 19.7 Å². The Kier molecular flexibility index (Phi) is 4.40. The number of likely N-dealkylation sites (tertiary alicyclic amines) is 1. The second kappa shape index (κ2) is 6.35. The van der Waals surface area contributed by atoms with Crippen LogP contribution in [0.3, 0.4) is 0 Å². The molecule has 0 atom stereocenters. The maximum atomic E-state index is 12.0. The molecule has 128 valence electrons. The minimum Gasteiger partial charge on any atom is -0.324 e. The van der Waals surface area contributed by atoms with E-state index in [0.29, 0.717) is 24.8 Å². The summed E-state index contributed by atoms with van der Waals surface area (Å²) >= 11 is 1.39. The topological polar surface area (TPSA) is 80.1 Å². The van der Waals surface area contributed by atoms with Crippen LogP contribution in [0.15, 0.2) is 28.5 Å². The molecule has 0 aliphatic carbocycles. The van der Waals surface area contributed by atoms with E-state index in [1.807, 2.05) is 5.38 Å². The molecular weight excluding hydrogens is 326 g/mol. The Balaban J connectivity index is 1.57. The molecule has 2 aromatic heterocycles. The quantitative estimate of drug-likeness (QED) is 0.923. The Morgan fingerprint density at radius 2 is 2.12 bits per heavy atom. The lowest BCUT2D eigenvalue weighted by molar-refractivity contribution is 0.116. The van der Waals surface area contributed by atoms with E-state index in [0.717, 1.165) is 5.69 Å². The van der Waals surface area contributed by atoms with Gasteiger partial charge in [0.1, 0.15) is 0 Å². The van der Waals surface area contributed by atoms with E-state index >= 15 is 0 Å². The number of amides is 2. The SMILES string of the molecule is CC(C)(C)c1ccc(=O)n(CC2CN(C(=O)Nc3nccs3)C2)n1. The Morgan fingerprint density at radius 1 is 1.38 bits per heavy atom. The Labute approximate surface area is 144 Å². The zero-order valence-corrected chi connectivity index (χ0v) is 14.8. The molecule has 1 saturated heterocycles. The molecule has 8 heteroatoms. The summed E-state index contributed by atoms with van der Waals surface area (Å²) in [6, 6.07) is 3.21. The fourth-order valence-corrected chi connectivity index (χ4v) is 3.05. The lowest BCUT2D eigenvalue weighted by Gasteiger charge is -2.38. The number of carbonyl (C=O) groups is 1. The van der Waals surface area contributed by atoms with Gasteiger partial charge in [0.15, 0.2) is 5.13 Å². The average molecular weight is 347 g/mol. The van der Waals surface area contributed by atoms with E-state index in [1.54, 1.807) is 23.2 Å². The van der Waals surface area contributed by atoms with Gasteiger partial charge in [-0.1, -0.05) is 20.8 Å². The molecule has 0 radical (unpaired) electrons. The molecule has 3 heterocycles. The Hall–Kier alpha value is -2.22. The van der Waals surface area contributed by atoms with Gasteiger partial charge in [-0.3, -0.25) is 10.1 Å². The molecule has 3 rings (SSSR count). The van der Waals surface area contributed by atoms with Crippen molar-refractivity contribution in [2.24, 2.45) is 5.92 Å². The molecule has 2 amide bonds. The maximum Gasteiger partial charge on any atom is 0.323 e. The van der Waals surface area contributed by atoms with E-state index in [-0.39, 0.29) is 22.9 Å². The molecule has 2 aromatic rings. The predicted molar refractivity (Wildman–Crippen MR) is 93.4 cm³/mol. The number of nitrogens with one attached hydrogen (secondary N) is 1. The first kappa shape index (κ1) is 16.6. The van der Waals surface area contributed by atoms with Crippen molar-refractivity contribution in [1.29, 1.82) is 0 Å². The van der Waals surface area contributed by atoms with Crippen molar-refractivity contribution in [3.63, 3.8) is 0 Å². The molecule has 0 bridgehead atoms. The highest BCUT2D eigenvalue weighted by Crippen LogP contribution is 2.21. The van der Waals surface area contributed by atoms with Crippen LogP contribution in [0, 0.1) is 5.92 Å². The number of aromatic nitrogens is 3. The lowest BCUT2D eigenvalue weighted by atomic mass is 9.92. The van der Waals surface area contributed by atoms with Crippen LogP contribution in [0.25, 0.3) is 0 Å². The first-order chi connectivity index (χ1) is 11.3. The molecule has 1 N–H and O–H groups in total. The van der Waals surface area contributed by atoms with Gasteiger partial charge >= 0.3 is 6.03 Å². The largest absolute Gasteiger partial charge is 0.324 e. The lowest BCUT2D eigenvalue weighted by Crippen LogP contribution is -2.53. The van der Waals surface area contributed by atoms with Crippen LogP contribution in [0.4, 0.5) is 9.93 Å². The molecule has 1 aliphatic rings. The van der Waals surface area contributed by atoms with E-state index in [9.17, 15) is 9.59 Å². The fourth-order valence-electron chi connectivity index (χ4n) is 2.53. The second-order valence-electron chi connectivity index (χ2n) is 7.03. The van der Waals surface area contributed by atoms with Gasteiger partial charge in [-0.2, -0.15) is 5.10 Å². The van der Waals surface area contributed by atoms with Gasteiger partial charge in [-0.15, -0.1) is 11.3 Å². The Bertz CT molecular complexity index is 773. The molecule has 1 fully saturated rings. The number of hydrogen-bond donors (Lipinski definition) is 1. The zero-order valence-electron chi connectivity index (χ0n) is 14.0. The molecule has 0 aromatic carbocycles. The van der Waals surface area contributed by atoms with Crippen molar-refractivity contribution >= 4 is 22.5 Å². The summed E-state index contributed by atoms with van der Waals surface area (Å²) in [7, 11) is 0. The third-order valence-electron chi connectivity index (χ3n) is 3.96. The van der Waals surface area contributed by atoms with Gasteiger partial charge in [0.25, 0.3) is 5.56 Å².